The molecule has 0 saturated carbocycles. The van der Waals surface area contributed by atoms with Crippen LogP contribution in [0.25, 0.3) is 0 Å². The maximum Gasteiger partial charge on any atom is 0.410 e. The minimum Gasteiger partial charge on any atom is -0.444 e. The van der Waals surface area contributed by atoms with Crippen LogP contribution in [0.1, 0.15) is 70.2 Å². The van der Waals surface area contributed by atoms with Gasteiger partial charge in [-0.25, -0.2) is 9.78 Å². The number of piperidine rings is 1. The molecule has 2 amide bonds. The lowest BCUT2D eigenvalue weighted by atomic mass is 9.99. The summed E-state index contributed by atoms with van der Waals surface area (Å²) >= 11 is 6.06. The normalized spacial score (nSPS) is 19.9. The number of aromatic nitrogens is 2. The van der Waals surface area contributed by atoms with Gasteiger partial charge >= 0.3 is 6.09 Å². The number of likely N-dealkylation sites (tertiary alicyclic amines) is 1. The Balaban J connectivity index is 2.04. The molecule has 3 N–H and O–H groups in total. The van der Waals surface area contributed by atoms with Crippen LogP contribution in [-0.2, 0) is 11.2 Å². The molecule has 0 radical (unpaired) electrons. The molecule has 1 aliphatic heterocycles. The molecule has 1 fully saturated rings. The Kier molecular flexibility index (Phi) is 8.34. The van der Waals surface area contributed by atoms with Crippen LogP contribution in [0.2, 0.25) is 5.15 Å². The fourth-order valence-corrected chi connectivity index (χ4v) is 3.52. The topological polar surface area (TPSA) is 99.4 Å². The first-order chi connectivity index (χ1) is 13.6. The van der Waals surface area contributed by atoms with Crippen molar-refractivity contribution in [2.24, 2.45) is 0 Å². The van der Waals surface area contributed by atoms with Crippen molar-refractivity contribution in [3.05, 3.63) is 16.7 Å². The van der Waals surface area contributed by atoms with Gasteiger partial charge in [-0.15, -0.1) is 0 Å². The van der Waals surface area contributed by atoms with E-state index >= 15 is 0 Å². The van der Waals surface area contributed by atoms with Gasteiger partial charge in [0, 0.05) is 25.2 Å². The van der Waals surface area contributed by atoms with Crippen LogP contribution < -0.4 is 10.6 Å². The predicted molar refractivity (Wildman–Crippen MR) is 113 cm³/mol. The lowest BCUT2D eigenvalue weighted by Gasteiger charge is -2.39. The zero-order chi connectivity index (χ0) is 21.6. The second-order valence-electron chi connectivity index (χ2n) is 8.42. The average molecular weight is 428 g/mol. The number of nitrogens with zero attached hydrogens (tertiary/aromatic N) is 2. The third-order valence-corrected chi connectivity index (χ3v) is 5.13. The van der Waals surface area contributed by atoms with Crippen LogP contribution in [0.5, 0.6) is 0 Å². The number of ether oxygens (including phenoxy) is 1. The van der Waals surface area contributed by atoms with Gasteiger partial charge in [0.1, 0.15) is 5.60 Å². The number of halogens is 1. The molecule has 2 rings (SSSR count). The van der Waals surface area contributed by atoms with E-state index in [0.29, 0.717) is 31.1 Å². The smallest absolute Gasteiger partial charge is 0.410 e. The minimum atomic E-state index is -0.539. The number of rotatable bonds is 7. The van der Waals surface area contributed by atoms with E-state index in [4.69, 9.17) is 16.3 Å². The lowest BCUT2D eigenvalue weighted by Crippen LogP contribution is -2.61. The Morgan fingerprint density at radius 3 is 2.62 bits per heavy atom. The molecule has 29 heavy (non-hydrogen) atoms. The zero-order valence-corrected chi connectivity index (χ0v) is 18.9. The van der Waals surface area contributed by atoms with Gasteiger partial charge in [0.2, 0.25) is 0 Å². The Labute approximate surface area is 178 Å². The summed E-state index contributed by atoms with van der Waals surface area (Å²) in [6, 6.07) is -0.185. The summed E-state index contributed by atoms with van der Waals surface area (Å²) in [5, 5.41) is 6.86. The first kappa shape index (κ1) is 23.5. The average Bonchev–Trinajstić information content (AvgIpc) is 3.02. The van der Waals surface area contributed by atoms with E-state index in [1.165, 1.54) is 0 Å². The highest BCUT2D eigenvalue weighted by Crippen LogP contribution is 2.18. The molecule has 0 aliphatic carbocycles. The predicted octanol–water partition coefficient (Wildman–Crippen LogP) is 3.12. The maximum absolute atomic E-state index is 12.7. The van der Waals surface area contributed by atoms with E-state index in [9.17, 15) is 9.59 Å². The first-order valence-corrected chi connectivity index (χ1v) is 10.8. The molecule has 0 aromatic carbocycles. The molecule has 1 aliphatic rings. The van der Waals surface area contributed by atoms with Gasteiger partial charge in [-0.05, 0) is 46.6 Å². The quantitative estimate of drug-likeness (QED) is 0.580. The molecule has 164 valence electrons. The number of aromatic amines is 1. The highest BCUT2D eigenvalue weighted by molar-refractivity contribution is 6.30. The van der Waals surface area contributed by atoms with Crippen molar-refractivity contribution in [2.75, 3.05) is 19.6 Å². The molecule has 8 nitrogen and oxygen atoms in total. The molecule has 1 saturated heterocycles. The summed E-state index contributed by atoms with van der Waals surface area (Å²) < 4.78 is 5.51. The molecule has 0 spiro atoms. The number of carbonyl (C=O) groups excluding carboxylic acids is 2. The van der Waals surface area contributed by atoms with Crippen molar-refractivity contribution in [3.8, 4) is 0 Å². The third kappa shape index (κ3) is 6.89. The monoisotopic (exact) mass is 427 g/mol. The van der Waals surface area contributed by atoms with Gasteiger partial charge in [0.05, 0.1) is 5.69 Å². The fourth-order valence-electron chi connectivity index (χ4n) is 3.25. The number of amides is 2. The van der Waals surface area contributed by atoms with Crippen LogP contribution in [0.4, 0.5) is 4.79 Å². The Hall–Kier alpha value is -1.80. The van der Waals surface area contributed by atoms with E-state index in [1.54, 1.807) is 4.90 Å². The van der Waals surface area contributed by atoms with Crippen molar-refractivity contribution >= 4 is 23.6 Å². The van der Waals surface area contributed by atoms with Gasteiger partial charge in [0.25, 0.3) is 5.91 Å². The summed E-state index contributed by atoms with van der Waals surface area (Å²) in [4.78, 5) is 34.0. The zero-order valence-electron chi connectivity index (χ0n) is 18.1. The molecular weight excluding hydrogens is 394 g/mol. The van der Waals surface area contributed by atoms with Gasteiger partial charge in [-0.2, -0.15) is 0 Å². The van der Waals surface area contributed by atoms with Gasteiger partial charge in [-0.1, -0.05) is 31.9 Å². The Bertz CT molecular complexity index is 701. The molecule has 0 bridgehead atoms. The summed E-state index contributed by atoms with van der Waals surface area (Å²) in [6.07, 6.45) is 3.07. The second kappa shape index (κ2) is 10.3. The lowest BCUT2D eigenvalue weighted by molar-refractivity contribution is 0.0163. The maximum atomic E-state index is 12.7. The summed E-state index contributed by atoms with van der Waals surface area (Å²) in [6.45, 7) is 11.5. The summed E-state index contributed by atoms with van der Waals surface area (Å²) in [5.41, 5.74) is 0.206. The van der Waals surface area contributed by atoms with Gasteiger partial charge in [-0.3, -0.25) is 4.79 Å². The number of aryl methyl sites for hydroxylation is 1. The SMILES string of the molecule is CCCCN[C@@H]1CN(C(=O)OC(C)(C)C)CC[C@H]1NC(=O)c1nc(Cl)c(CC)[nH]1. The number of hydrogen-bond donors (Lipinski definition) is 3. The summed E-state index contributed by atoms with van der Waals surface area (Å²) in [7, 11) is 0. The highest BCUT2D eigenvalue weighted by atomic mass is 35.5. The first-order valence-electron chi connectivity index (χ1n) is 10.4. The van der Waals surface area contributed by atoms with Crippen LogP contribution in [0.15, 0.2) is 0 Å². The molecule has 2 atom stereocenters. The van der Waals surface area contributed by atoms with Crippen molar-refractivity contribution < 1.29 is 14.3 Å². The van der Waals surface area contributed by atoms with Crippen molar-refractivity contribution in [1.29, 1.82) is 0 Å². The minimum absolute atomic E-state index is 0.0668. The van der Waals surface area contributed by atoms with Crippen LogP contribution in [0, 0.1) is 0 Å². The number of nitrogens with one attached hydrogen (secondary N) is 3. The van der Waals surface area contributed by atoms with E-state index in [-0.39, 0.29) is 29.9 Å². The van der Waals surface area contributed by atoms with E-state index in [2.05, 4.69) is 27.5 Å². The Morgan fingerprint density at radius 2 is 2.03 bits per heavy atom. The van der Waals surface area contributed by atoms with Crippen molar-refractivity contribution in [1.82, 2.24) is 25.5 Å². The van der Waals surface area contributed by atoms with Gasteiger partial charge in [0.15, 0.2) is 11.0 Å². The van der Waals surface area contributed by atoms with E-state index in [0.717, 1.165) is 25.1 Å². The highest BCUT2D eigenvalue weighted by Gasteiger charge is 2.34. The number of hydrogen-bond acceptors (Lipinski definition) is 5. The molecule has 2 heterocycles. The molecule has 1 aromatic heterocycles. The molecule has 9 heteroatoms. The van der Waals surface area contributed by atoms with E-state index in [1.807, 2.05) is 27.7 Å². The fraction of sp³-hybridized carbons (Fsp3) is 0.750. The molecule has 0 unspecified atom stereocenters. The number of imidazole rings is 1. The Morgan fingerprint density at radius 1 is 1.31 bits per heavy atom. The molecule has 1 aromatic rings. The largest absolute Gasteiger partial charge is 0.444 e. The van der Waals surface area contributed by atoms with Crippen LogP contribution >= 0.6 is 11.6 Å². The van der Waals surface area contributed by atoms with Crippen LogP contribution in [0.3, 0.4) is 0 Å². The van der Waals surface area contributed by atoms with Crippen molar-refractivity contribution in [3.63, 3.8) is 0 Å². The number of H-pyrrole nitrogens is 1. The number of carbonyl (C=O) groups is 2. The standard InChI is InChI=1S/C20H34ClN5O3/c1-6-8-10-22-15-12-26(19(28)29-20(3,4)5)11-9-14(15)24-18(27)17-23-13(7-2)16(21)25-17/h14-15,22H,6-12H2,1-5H3,(H,23,25)(H,24,27)/t14-,15-/m1/s1. The molecular formula is C20H34ClN5O3. The van der Waals surface area contributed by atoms with Crippen molar-refractivity contribution in [2.45, 2.75) is 78.0 Å². The third-order valence-electron chi connectivity index (χ3n) is 4.81. The van der Waals surface area contributed by atoms with Gasteiger partial charge < -0.3 is 25.3 Å². The second-order valence-corrected chi connectivity index (χ2v) is 8.78. The van der Waals surface area contributed by atoms with Crippen LogP contribution in [-0.4, -0.2) is 64.2 Å². The van der Waals surface area contributed by atoms with E-state index < -0.39 is 5.60 Å². The number of unbranched alkanes of at least 4 members (excludes halogenated alkanes) is 1. The summed E-state index contributed by atoms with van der Waals surface area (Å²) in [5.74, 6) is -0.0710.